The van der Waals surface area contributed by atoms with Gasteiger partial charge in [-0.15, -0.1) is 0 Å². The second-order valence-electron chi connectivity index (χ2n) is 19.4. The van der Waals surface area contributed by atoms with Crippen LogP contribution in [0.25, 0.3) is 67.7 Å². The van der Waals surface area contributed by atoms with E-state index in [4.69, 9.17) is 32.4 Å². The number of halogens is 1. The van der Waals surface area contributed by atoms with Crippen LogP contribution in [0, 0.1) is 0 Å². The van der Waals surface area contributed by atoms with E-state index in [1.807, 2.05) is 41.5 Å². The van der Waals surface area contributed by atoms with E-state index in [-0.39, 0.29) is 45.1 Å². The molecule has 27 nitrogen and oxygen atoms in total. The largest absolute Gasteiger partial charge is 0.477 e. The van der Waals surface area contributed by atoms with Gasteiger partial charge in [0.15, 0.2) is 16.9 Å². The van der Waals surface area contributed by atoms with Gasteiger partial charge in [0.2, 0.25) is 6.23 Å². The number of nitrogens with zero attached hydrogens (tertiary/aromatic N) is 9. The number of carboxylic acid groups (broad SMARTS) is 1. The van der Waals surface area contributed by atoms with Gasteiger partial charge in [0.25, 0.3) is 26.8 Å². The molecule has 29 heteroatoms. The maximum atomic E-state index is 12.9. The van der Waals surface area contributed by atoms with Gasteiger partial charge >= 0.3 is 23.0 Å². The molecular weight excluding hydrogens is 1130 g/mol. The summed E-state index contributed by atoms with van der Waals surface area (Å²) >= 11 is 5.94. The van der Waals surface area contributed by atoms with Gasteiger partial charge in [-0.3, -0.25) is 51.7 Å². The predicted molar refractivity (Wildman–Crippen MR) is 320 cm³/mol. The number of aliphatic carboxylic acids is 1. The number of carbonyl (C=O) groups is 1. The van der Waals surface area contributed by atoms with Crippen LogP contribution in [-0.4, -0.2) is 101 Å². The van der Waals surface area contributed by atoms with Crippen molar-refractivity contribution in [1.82, 2.24) is 62.6 Å². The van der Waals surface area contributed by atoms with Gasteiger partial charge in [0.1, 0.15) is 39.8 Å². The SMILES string of the molecule is CCCn1c(=O)c2[nH]c(-c3ccc(Cl)cc3N)nc2n(CCC)c1=O.CCCn1c(=O)c2[nH]c(-c3ccc(OC(NCCN)C(=O)O)cc3)nc2n(CCC)c1=O.CCCn1c(=O)c2[nH]c(-c3ccc(S(=O)(=O)O)cc3)nc2n(CCC)c1=O. The van der Waals surface area contributed by atoms with Crippen molar-refractivity contribution in [1.29, 1.82) is 0 Å². The van der Waals surface area contributed by atoms with Gasteiger partial charge in [-0.25, -0.2) is 34.1 Å². The monoisotopic (exact) mass is 1200 g/mol. The highest BCUT2D eigenvalue weighted by molar-refractivity contribution is 7.85. The summed E-state index contributed by atoms with van der Waals surface area (Å²) in [4.78, 5) is 110. The van der Waals surface area contributed by atoms with Gasteiger partial charge in [0.05, 0.1) is 4.90 Å². The van der Waals surface area contributed by atoms with Gasteiger partial charge in [0, 0.05) is 79.8 Å². The van der Waals surface area contributed by atoms with Crippen molar-refractivity contribution in [3.63, 3.8) is 0 Å². The van der Waals surface area contributed by atoms with E-state index in [0.717, 1.165) is 12.8 Å². The number of aryl methyl sites for hydroxylation is 3. The van der Waals surface area contributed by atoms with Crippen LogP contribution in [0.4, 0.5) is 5.69 Å². The minimum absolute atomic E-state index is 0.227. The van der Waals surface area contributed by atoms with E-state index in [2.05, 4.69) is 35.2 Å². The Morgan fingerprint density at radius 1 is 0.595 bits per heavy atom. The van der Waals surface area contributed by atoms with Crippen LogP contribution in [0.15, 0.2) is 100 Å². The van der Waals surface area contributed by atoms with Crippen molar-refractivity contribution in [3.05, 3.63) is 134 Å². The summed E-state index contributed by atoms with van der Waals surface area (Å²) in [6, 6.07) is 17.1. The number of imidazole rings is 3. The fourth-order valence-corrected chi connectivity index (χ4v) is 9.85. The molecule has 6 heterocycles. The van der Waals surface area contributed by atoms with E-state index >= 15 is 0 Å². The number of anilines is 1. The lowest BCUT2D eigenvalue weighted by molar-refractivity contribution is -0.146. The minimum Gasteiger partial charge on any atom is -0.477 e. The number of ether oxygens (including phenoxy) is 1. The third-order valence-electron chi connectivity index (χ3n) is 13.0. The van der Waals surface area contributed by atoms with Crippen LogP contribution < -0.4 is 55.3 Å². The number of hydrogen-bond acceptors (Lipinski definition) is 16. The highest BCUT2D eigenvalue weighted by Crippen LogP contribution is 2.28. The van der Waals surface area contributed by atoms with Crippen LogP contribution in [0.5, 0.6) is 5.75 Å². The third kappa shape index (κ3) is 13.5. The first-order chi connectivity index (χ1) is 40.2. The standard InChI is InChI=1S/C21H28N6O5.C17H20ClN5O2.C17H20N4O5S/c1-3-11-26-17-15(19(28)27(12-4-2)21(26)31)24-16(25-17)13-5-7-14(8-6-13)32-18(20(29)30)23-10-9-22;1-3-7-22-15-13(16(24)23(8-4-2)17(22)25)20-14(21-15)11-6-5-10(18)9-12(11)19;1-3-9-20-15-13(16(22)21(10-4-2)17(20)23)18-14(19-15)11-5-7-12(8-6-11)27(24,25)26/h5-8,18,23H,3-4,9-12,22H2,1-2H3,(H,24,25)(H,29,30);5-6,9H,3-4,7-8,19H2,1-2H3,(H,20,21);5-8H,3-4,9-10H2,1-2H3,(H,18,19)(H,24,25,26). The molecule has 0 spiro atoms. The molecule has 0 fully saturated rings. The maximum absolute atomic E-state index is 12.9. The Kier molecular flexibility index (Phi) is 20.7. The van der Waals surface area contributed by atoms with Gasteiger partial charge < -0.3 is 36.3 Å². The fraction of sp³-hybridized carbons (Fsp3) is 0.382. The fourth-order valence-electron chi connectivity index (χ4n) is 9.19. The molecule has 84 heavy (non-hydrogen) atoms. The maximum Gasteiger partial charge on any atom is 0.360 e. The molecule has 9 aromatic rings. The number of rotatable bonds is 22. The zero-order valence-corrected chi connectivity index (χ0v) is 48.8. The molecule has 448 valence electrons. The van der Waals surface area contributed by atoms with Crippen molar-refractivity contribution in [2.75, 3.05) is 18.8 Å². The number of aromatic amines is 3. The van der Waals surface area contributed by atoms with E-state index in [0.29, 0.717) is 139 Å². The van der Waals surface area contributed by atoms with Gasteiger partial charge in [-0.1, -0.05) is 53.1 Å². The highest BCUT2D eigenvalue weighted by atomic mass is 35.5. The Morgan fingerprint density at radius 2 is 0.964 bits per heavy atom. The summed E-state index contributed by atoms with van der Waals surface area (Å²) in [5.41, 5.74) is 13.2. The van der Waals surface area contributed by atoms with Crippen LogP contribution in [0.2, 0.25) is 5.02 Å². The zero-order valence-electron chi connectivity index (χ0n) is 47.3. The Labute approximate surface area is 484 Å². The molecule has 0 aliphatic heterocycles. The summed E-state index contributed by atoms with van der Waals surface area (Å²) in [5, 5.41) is 12.5. The molecule has 1 atom stereocenters. The number of hydrogen-bond donors (Lipinski definition) is 8. The summed E-state index contributed by atoms with van der Waals surface area (Å²) in [5.74, 6) is 0.396. The number of nitrogens with two attached hydrogens (primary N) is 2. The number of aromatic nitrogens is 12. The highest BCUT2D eigenvalue weighted by Gasteiger charge is 2.23. The lowest BCUT2D eigenvalue weighted by atomic mass is 10.2. The van der Waals surface area contributed by atoms with Crippen LogP contribution in [0.3, 0.4) is 0 Å². The van der Waals surface area contributed by atoms with Gasteiger partial charge in [-0.05, 0) is 105 Å². The lowest BCUT2D eigenvalue weighted by Crippen LogP contribution is -2.43. The number of nitrogens with one attached hydrogen (secondary N) is 4. The van der Waals surface area contributed by atoms with E-state index in [9.17, 15) is 47.1 Å². The Bertz CT molecular complexity index is 4320. The Morgan fingerprint density at radius 3 is 1.32 bits per heavy atom. The van der Waals surface area contributed by atoms with E-state index in [1.165, 1.54) is 47.1 Å². The summed E-state index contributed by atoms with van der Waals surface area (Å²) in [6.07, 6.45) is 2.94. The van der Waals surface area contributed by atoms with Gasteiger partial charge in [-0.2, -0.15) is 8.42 Å². The predicted octanol–water partition coefficient (Wildman–Crippen LogP) is 4.94. The second-order valence-corrected chi connectivity index (χ2v) is 21.2. The van der Waals surface area contributed by atoms with Crippen molar-refractivity contribution < 1.29 is 27.6 Å². The summed E-state index contributed by atoms with van der Waals surface area (Å²) < 4.78 is 45.1. The molecule has 3 aromatic carbocycles. The molecule has 0 amide bonds. The smallest absolute Gasteiger partial charge is 0.360 e. The summed E-state index contributed by atoms with van der Waals surface area (Å²) in [6.45, 7) is 14.5. The topological polar surface area (TPSA) is 383 Å². The molecular formula is C55H68ClN15O12S. The normalized spacial score (nSPS) is 11.9. The average molecular weight is 1200 g/mol. The van der Waals surface area contributed by atoms with Crippen LogP contribution in [0.1, 0.15) is 80.1 Å². The quantitative estimate of drug-likeness (QED) is 0.0253. The molecule has 1 unspecified atom stereocenters. The average Bonchev–Trinajstić information content (AvgIpc) is 2.24. The van der Waals surface area contributed by atoms with E-state index < -0.39 is 39.1 Å². The lowest BCUT2D eigenvalue weighted by Gasteiger charge is -2.16. The Hall–Kier alpha value is -8.70. The van der Waals surface area contributed by atoms with E-state index in [1.54, 1.807) is 47.0 Å². The molecule has 9 rings (SSSR count). The van der Waals surface area contributed by atoms with Crippen molar-refractivity contribution >= 4 is 66.9 Å². The molecule has 0 saturated carbocycles. The number of carboxylic acids is 1. The first-order valence-electron chi connectivity index (χ1n) is 27.4. The minimum atomic E-state index is -4.29. The molecule has 0 aliphatic carbocycles. The first kappa shape index (κ1) is 62.9. The summed E-state index contributed by atoms with van der Waals surface area (Å²) in [7, 11) is -4.29. The van der Waals surface area contributed by atoms with Crippen LogP contribution >= 0.6 is 11.6 Å². The molecule has 6 aromatic heterocycles. The number of benzene rings is 3. The Balaban J connectivity index is 0.000000182. The number of H-pyrrole nitrogens is 3. The molecule has 0 radical (unpaired) electrons. The number of fused-ring (bicyclic) bond motifs is 3. The number of nitrogen functional groups attached to an aromatic ring is 1. The molecule has 0 bridgehead atoms. The van der Waals surface area contributed by atoms with Crippen LogP contribution in [-0.2, 0) is 54.2 Å². The molecule has 0 saturated heterocycles. The third-order valence-corrected chi connectivity index (χ3v) is 14.1. The second kappa shape index (κ2) is 27.6. The molecule has 0 aliphatic rings. The van der Waals surface area contributed by atoms with Crippen molar-refractivity contribution in [2.24, 2.45) is 5.73 Å². The van der Waals surface area contributed by atoms with Crippen molar-refractivity contribution in [3.8, 4) is 39.9 Å². The first-order valence-corrected chi connectivity index (χ1v) is 29.2. The molecule has 10 N–H and O–H groups in total. The zero-order chi connectivity index (χ0) is 61.2. The van der Waals surface area contributed by atoms with Crippen molar-refractivity contribution in [2.45, 2.75) is 130 Å².